The van der Waals surface area contributed by atoms with Gasteiger partial charge in [0.1, 0.15) is 5.82 Å². The lowest BCUT2D eigenvalue weighted by Gasteiger charge is -2.04. The minimum Gasteiger partial charge on any atom is -0.369 e. The number of rotatable bonds is 2. The molecule has 2 heterocycles. The first-order valence-electron chi connectivity index (χ1n) is 5.39. The quantitative estimate of drug-likeness (QED) is 0.771. The second-order valence-corrected chi connectivity index (χ2v) is 6.22. The predicted molar refractivity (Wildman–Crippen MR) is 77.5 cm³/mol. The zero-order valence-corrected chi connectivity index (χ0v) is 11.9. The van der Waals surface area contributed by atoms with Crippen LogP contribution in [0.5, 0.6) is 0 Å². The Bertz CT molecular complexity index is 766. The third-order valence-corrected chi connectivity index (χ3v) is 4.27. The van der Waals surface area contributed by atoms with Gasteiger partial charge in [0.05, 0.1) is 26.9 Å². The summed E-state index contributed by atoms with van der Waals surface area (Å²) in [6.07, 6.45) is 0. The van der Waals surface area contributed by atoms with Crippen molar-refractivity contribution < 1.29 is 4.39 Å². The van der Waals surface area contributed by atoms with Crippen LogP contribution in [-0.2, 0) is 6.54 Å². The number of benzene rings is 1. The number of nitrogens with two attached hydrogens (primary N) is 1. The van der Waals surface area contributed by atoms with Crippen LogP contribution in [0.3, 0.4) is 0 Å². The maximum absolute atomic E-state index is 13.4. The van der Waals surface area contributed by atoms with E-state index in [1.54, 1.807) is 4.57 Å². The highest BCUT2D eigenvalue weighted by atomic mass is 35.5. The first-order chi connectivity index (χ1) is 9.04. The van der Waals surface area contributed by atoms with Gasteiger partial charge in [-0.15, -0.1) is 11.3 Å². The summed E-state index contributed by atoms with van der Waals surface area (Å²) in [5.41, 5.74) is 7.06. The van der Waals surface area contributed by atoms with Crippen LogP contribution in [0.1, 0.15) is 4.88 Å². The largest absolute Gasteiger partial charge is 0.369 e. The van der Waals surface area contributed by atoms with Crippen molar-refractivity contribution in [2.75, 3.05) is 5.73 Å². The number of anilines is 1. The third kappa shape index (κ3) is 2.29. The lowest BCUT2D eigenvalue weighted by atomic mass is 10.3. The summed E-state index contributed by atoms with van der Waals surface area (Å²) in [6, 6.07) is 6.56. The molecule has 0 spiro atoms. The summed E-state index contributed by atoms with van der Waals surface area (Å²) >= 11 is 13.2. The summed E-state index contributed by atoms with van der Waals surface area (Å²) in [7, 11) is 0. The van der Waals surface area contributed by atoms with Crippen molar-refractivity contribution in [1.82, 2.24) is 9.55 Å². The second-order valence-electron chi connectivity index (χ2n) is 4.02. The molecule has 0 aliphatic carbocycles. The Morgan fingerprint density at radius 2 is 2.11 bits per heavy atom. The zero-order valence-electron chi connectivity index (χ0n) is 9.53. The SMILES string of the molecule is Nc1nc2cc(F)c(Cl)cc2n1Cc1ccc(Cl)s1. The Hall–Kier alpha value is -1.30. The molecule has 0 radical (unpaired) electrons. The van der Waals surface area contributed by atoms with Crippen molar-refractivity contribution in [3.05, 3.63) is 44.3 Å². The fourth-order valence-corrected chi connectivity index (χ4v) is 3.13. The second kappa shape index (κ2) is 4.67. The van der Waals surface area contributed by atoms with Crippen molar-refractivity contribution in [1.29, 1.82) is 0 Å². The number of nitrogens with zero attached hydrogens (tertiary/aromatic N) is 2. The molecule has 0 fully saturated rings. The predicted octanol–water partition coefficient (Wildman–Crippen LogP) is 4.17. The number of hydrogen-bond acceptors (Lipinski definition) is 3. The molecule has 0 aliphatic heterocycles. The summed E-state index contributed by atoms with van der Waals surface area (Å²) < 4.78 is 15.9. The van der Waals surface area contributed by atoms with E-state index in [1.165, 1.54) is 23.5 Å². The molecule has 7 heteroatoms. The molecule has 3 nitrogen and oxygen atoms in total. The highest BCUT2D eigenvalue weighted by Gasteiger charge is 2.12. The molecule has 0 bridgehead atoms. The highest BCUT2D eigenvalue weighted by molar-refractivity contribution is 7.16. The van der Waals surface area contributed by atoms with Gasteiger partial charge in [-0.3, -0.25) is 0 Å². The number of thiophene rings is 1. The van der Waals surface area contributed by atoms with Gasteiger partial charge in [0.15, 0.2) is 0 Å². The van der Waals surface area contributed by atoms with E-state index in [2.05, 4.69) is 4.98 Å². The molecule has 1 aromatic carbocycles. The number of nitrogen functional groups attached to an aromatic ring is 1. The zero-order chi connectivity index (χ0) is 13.6. The average molecular weight is 316 g/mol. The van der Waals surface area contributed by atoms with Gasteiger partial charge in [0.2, 0.25) is 5.95 Å². The Kier molecular flexibility index (Phi) is 3.12. The van der Waals surface area contributed by atoms with Crippen molar-refractivity contribution >= 4 is 51.5 Å². The number of halogens is 3. The Balaban J connectivity index is 2.12. The van der Waals surface area contributed by atoms with Crippen LogP contribution >= 0.6 is 34.5 Å². The van der Waals surface area contributed by atoms with Crippen molar-refractivity contribution in [3.8, 4) is 0 Å². The van der Waals surface area contributed by atoms with E-state index in [9.17, 15) is 4.39 Å². The topological polar surface area (TPSA) is 43.8 Å². The summed E-state index contributed by atoms with van der Waals surface area (Å²) in [5.74, 6) is -0.181. The van der Waals surface area contributed by atoms with Gasteiger partial charge >= 0.3 is 0 Å². The van der Waals surface area contributed by atoms with Crippen LogP contribution in [0, 0.1) is 5.82 Å². The average Bonchev–Trinajstić information content (AvgIpc) is 2.87. The van der Waals surface area contributed by atoms with Crippen LogP contribution in [-0.4, -0.2) is 9.55 Å². The van der Waals surface area contributed by atoms with Crippen molar-refractivity contribution in [2.24, 2.45) is 0 Å². The lowest BCUT2D eigenvalue weighted by molar-refractivity contribution is 0.629. The summed E-state index contributed by atoms with van der Waals surface area (Å²) in [6.45, 7) is 0.529. The minimum atomic E-state index is -0.502. The standard InChI is InChI=1S/C12H8Cl2FN3S/c13-7-3-10-9(4-8(7)15)17-12(16)18(10)5-6-1-2-11(14)19-6/h1-4H,5H2,(H2,16,17). The maximum atomic E-state index is 13.4. The van der Waals surface area contributed by atoms with Crippen LogP contribution < -0.4 is 5.73 Å². The Morgan fingerprint density at radius 1 is 1.32 bits per heavy atom. The molecule has 0 saturated heterocycles. The van der Waals surface area contributed by atoms with Crippen LogP contribution in [0.4, 0.5) is 10.3 Å². The Labute approximate surface area is 122 Å². The fraction of sp³-hybridized carbons (Fsp3) is 0.0833. The molecule has 0 saturated carbocycles. The van der Waals surface area contributed by atoms with Crippen molar-refractivity contribution in [3.63, 3.8) is 0 Å². The minimum absolute atomic E-state index is 0.0536. The van der Waals surface area contributed by atoms with Gasteiger partial charge in [-0.2, -0.15) is 0 Å². The van der Waals surface area contributed by atoms with E-state index in [4.69, 9.17) is 28.9 Å². The molecule has 0 atom stereocenters. The van der Waals surface area contributed by atoms with Crippen LogP contribution in [0.2, 0.25) is 9.36 Å². The van der Waals surface area contributed by atoms with Gasteiger partial charge in [-0.05, 0) is 18.2 Å². The van der Waals surface area contributed by atoms with Crippen LogP contribution in [0.25, 0.3) is 11.0 Å². The molecule has 0 aliphatic rings. The van der Waals surface area contributed by atoms with E-state index < -0.39 is 5.82 Å². The molecule has 0 amide bonds. The summed E-state index contributed by atoms with van der Waals surface area (Å²) in [4.78, 5) is 5.17. The molecule has 19 heavy (non-hydrogen) atoms. The smallest absolute Gasteiger partial charge is 0.201 e. The molecule has 2 aromatic heterocycles. The molecular weight excluding hydrogens is 308 g/mol. The Morgan fingerprint density at radius 3 is 2.79 bits per heavy atom. The van der Waals surface area contributed by atoms with Crippen molar-refractivity contribution in [2.45, 2.75) is 6.54 Å². The summed E-state index contributed by atoms with van der Waals surface area (Å²) in [5, 5.41) is 0.0536. The normalized spacial score (nSPS) is 11.3. The van der Waals surface area contributed by atoms with E-state index in [1.807, 2.05) is 12.1 Å². The van der Waals surface area contributed by atoms with E-state index in [-0.39, 0.29) is 5.02 Å². The monoisotopic (exact) mass is 315 g/mol. The molecule has 0 unspecified atom stereocenters. The van der Waals surface area contributed by atoms with Gasteiger partial charge in [0, 0.05) is 10.9 Å². The molecule has 3 rings (SSSR count). The van der Waals surface area contributed by atoms with E-state index >= 15 is 0 Å². The van der Waals surface area contributed by atoms with Crippen LogP contribution in [0.15, 0.2) is 24.3 Å². The van der Waals surface area contributed by atoms with Gasteiger partial charge in [0.25, 0.3) is 0 Å². The first-order valence-corrected chi connectivity index (χ1v) is 6.97. The van der Waals surface area contributed by atoms with Gasteiger partial charge < -0.3 is 10.3 Å². The van der Waals surface area contributed by atoms with E-state index in [0.717, 1.165) is 4.88 Å². The maximum Gasteiger partial charge on any atom is 0.201 e. The fourth-order valence-electron chi connectivity index (χ4n) is 1.90. The first kappa shape index (κ1) is 12.7. The van der Waals surface area contributed by atoms with Gasteiger partial charge in [-0.1, -0.05) is 23.2 Å². The number of aromatic nitrogens is 2. The molecule has 98 valence electrons. The molecule has 3 aromatic rings. The van der Waals surface area contributed by atoms with Gasteiger partial charge in [-0.25, -0.2) is 9.37 Å². The van der Waals surface area contributed by atoms with E-state index in [0.29, 0.717) is 27.9 Å². The lowest BCUT2D eigenvalue weighted by Crippen LogP contribution is -2.03. The number of imidazole rings is 1. The number of hydrogen-bond donors (Lipinski definition) is 1. The number of fused-ring (bicyclic) bond motifs is 1. The molecular formula is C12H8Cl2FN3S. The highest BCUT2D eigenvalue weighted by Crippen LogP contribution is 2.28. The third-order valence-electron chi connectivity index (χ3n) is 2.76. The molecule has 2 N–H and O–H groups in total.